The molecule has 1 aromatic carbocycles. The minimum Gasteiger partial charge on any atom is -0.238 e. The third-order valence-electron chi connectivity index (χ3n) is 1.46. The van der Waals surface area contributed by atoms with Crippen LogP contribution in [-0.2, 0) is 0 Å². The predicted octanol–water partition coefficient (Wildman–Crippen LogP) is 3.38. The van der Waals surface area contributed by atoms with Crippen LogP contribution < -0.4 is 0 Å². The minimum absolute atomic E-state index is 0.0101. The van der Waals surface area contributed by atoms with Crippen LogP contribution in [0.1, 0.15) is 11.1 Å². The van der Waals surface area contributed by atoms with Crippen molar-refractivity contribution in [3.05, 3.63) is 45.9 Å². The van der Waals surface area contributed by atoms with E-state index in [2.05, 4.69) is 10.0 Å². The Kier molecular flexibility index (Phi) is 2.93. The maximum Gasteiger partial charge on any atom is 0.193 e. The fraction of sp³-hybridized carbons (Fsp3) is 0.125. The first-order valence-electron chi connectivity index (χ1n) is 3.32. The number of rotatable bonds is 2. The van der Waals surface area contributed by atoms with E-state index in [0.29, 0.717) is 0 Å². The molecular weight excluding hydrogens is 195 g/mol. The molecule has 0 amide bonds. The molecule has 0 bridgehead atoms. The van der Waals surface area contributed by atoms with Crippen molar-refractivity contribution >= 4 is 17.3 Å². The maximum absolute atomic E-state index is 13.0. The van der Waals surface area contributed by atoms with E-state index in [1.807, 2.05) is 0 Å². The van der Waals surface area contributed by atoms with Crippen molar-refractivity contribution in [2.75, 3.05) is 0 Å². The molecule has 1 atom stereocenters. The van der Waals surface area contributed by atoms with Gasteiger partial charge in [0.15, 0.2) is 11.2 Å². The van der Waals surface area contributed by atoms with E-state index >= 15 is 0 Å². The summed E-state index contributed by atoms with van der Waals surface area (Å²) in [7, 11) is 0. The molecule has 0 radical (unpaired) electrons. The van der Waals surface area contributed by atoms with E-state index in [1.165, 1.54) is 12.1 Å². The van der Waals surface area contributed by atoms with Gasteiger partial charge in [0.1, 0.15) is 5.82 Å². The Hall–Kier alpha value is -1.47. The second-order valence-corrected chi connectivity index (χ2v) is 2.67. The van der Waals surface area contributed by atoms with Gasteiger partial charge in [-0.05, 0) is 11.2 Å². The molecule has 0 aromatic heterocycles. The summed E-state index contributed by atoms with van der Waals surface area (Å²) in [6.07, 6.45) is 0. The lowest BCUT2D eigenvalue weighted by Crippen LogP contribution is -1.90. The summed E-state index contributed by atoms with van der Waals surface area (Å²) >= 11 is 5.39. The summed E-state index contributed by atoms with van der Waals surface area (Å²) in [5.74, 6) is -0.687. The molecule has 5 heteroatoms. The Morgan fingerprint density at radius 2 is 2.31 bits per heavy atom. The summed E-state index contributed by atoms with van der Waals surface area (Å²) in [5, 5.41) is 2.47. The largest absolute Gasteiger partial charge is 0.238 e. The summed E-state index contributed by atoms with van der Waals surface area (Å²) in [6, 6.07) is 3.68. The zero-order chi connectivity index (χ0) is 9.84. The second-order valence-electron chi connectivity index (χ2n) is 2.26. The highest BCUT2D eigenvalue weighted by Gasteiger charge is 2.12. The molecule has 0 aliphatic carbocycles. The van der Waals surface area contributed by atoms with Gasteiger partial charge >= 0.3 is 0 Å². The van der Waals surface area contributed by atoms with Crippen LogP contribution in [0.15, 0.2) is 23.4 Å². The van der Waals surface area contributed by atoms with Crippen LogP contribution in [0.3, 0.4) is 0 Å². The van der Waals surface area contributed by atoms with E-state index in [9.17, 15) is 9.30 Å². The van der Waals surface area contributed by atoms with Crippen molar-refractivity contribution in [3.63, 3.8) is 0 Å². The Bertz CT molecular complexity index is 375. The highest BCUT2D eigenvalue weighted by molar-refractivity contribution is 6.20. The lowest BCUT2D eigenvalue weighted by molar-refractivity contribution is 0.609. The number of nitrogens with zero attached hydrogens (tertiary/aromatic N) is 2. The van der Waals surface area contributed by atoms with Crippen LogP contribution in [0.2, 0.25) is 0 Å². The Morgan fingerprint density at radius 1 is 1.62 bits per heavy atom. The van der Waals surface area contributed by atoms with Crippen molar-refractivity contribution in [1.29, 1.82) is 0 Å². The quantitative estimate of drug-likeness (QED) is 0.310. The van der Waals surface area contributed by atoms with E-state index in [-0.39, 0.29) is 11.3 Å². The molecule has 0 fully saturated rings. The van der Waals surface area contributed by atoms with Gasteiger partial charge in [0, 0.05) is 5.56 Å². The molecule has 1 rings (SSSR count). The first-order valence-corrected chi connectivity index (χ1v) is 3.76. The van der Waals surface area contributed by atoms with E-state index in [0.717, 1.165) is 6.07 Å². The summed E-state index contributed by atoms with van der Waals surface area (Å²) in [6.45, 7) is 6.60. The number of hydrogen-bond acceptors (Lipinski definition) is 2. The van der Waals surface area contributed by atoms with Gasteiger partial charge in [-0.25, -0.2) is 9.24 Å². The van der Waals surface area contributed by atoms with Crippen molar-refractivity contribution in [3.8, 4) is 0 Å². The van der Waals surface area contributed by atoms with Gasteiger partial charge in [0.05, 0.1) is 6.57 Å². The number of halogens is 2. The van der Waals surface area contributed by atoms with Crippen LogP contribution in [-0.4, -0.2) is 0 Å². The van der Waals surface area contributed by atoms with Gasteiger partial charge in [0.25, 0.3) is 0 Å². The minimum atomic E-state index is -1.24. The molecule has 0 N–H and O–H groups in total. The van der Waals surface area contributed by atoms with E-state index in [1.54, 1.807) is 0 Å². The molecule has 66 valence electrons. The SMILES string of the molecule is [C-]#[N+]c1ccc(C(Cl)N=O)c(F)c1. The van der Waals surface area contributed by atoms with Crippen LogP contribution in [0.5, 0.6) is 0 Å². The van der Waals surface area contributed by atoms with Crippen LogP contribution in [0.25, 0.3) is 4.85 Å². The third-order valence-corrected chi connectivity index (χ3v) is 1.78. The fourth-order valence-corrected chi connectivity index (χ4v) is 1.01. The highest BCUT2D eigenvalue weighted by Crippen LogP contribution is 2.27. The Morgan fingerprint density at radius 3 is 2.77 bits per heavy atom. The zero-order valence-corrected chi connectivity index (χ0v) is 7.12. The summed E-state index contributed by atoms with van der Waals surface area (Å²) < 4.78 is 13.0. The lowest BCUT2D eigenvalue weighted by atomic mass is 10.2. The number of nitroso groups, excluding NO2 is 1. The molecule has 0 aliphatic heterocycles. The molecule has 3 nitrogen and oxygen atoms in total. The number of hydrogen-bond donors (Lipinski definition) is 0. The average molecular weight is 199 g/mol. The van der Waals surface area contributed by atoms with Crippen LogP contribution in [0.4, 0.5) is 10.1 Å². The molecule has 1 unspecified atom stereocenters. The van der Waals surface area contributed by atoms with Gasteiger partial charge in [-0.3, -0.25) is 0 Å². The van der Waals surface area contributed by atoms with Gasteiger partial charge in [-0.15, -0.1) is 4.91 Å². The third kappa shape index (κ3) is 2.01. The molecule has 13 heavy (non-hydrogen) atoms. The molecule has 1 aromatic rings. The van der Waals surface area contributed by atoms with Crippen molar-refractivity contribution in [1.82, 2.24) is 0 Å². The highest BCUT2D eigenvalue weighted by atomic mass is 35.5. The van der Waals surface area contributed by atoms with Gasteiger partial charge < -0.3 is 0 Å². The zero-order valence-electron chi connectivity index (χ0n) is 6.37. The van der Waals surface area contributed by atoms with Gasteiger partial charge in [-0.1, -0.05) is 23.7 Å². The van der Waals surface area contributed by atoms with Gasteiger partial charge in [0.2, 0.25) is 0 Å². The molecule has 0 aliphatic rings. The summed E-state index contributed by atoms with van der Waals surface area (Å²) in [5.41, 5.74) is -1.08. The second kappa shape index (κ2) is 3.97. The average Bonchev–Trinajstić information content (AvgIpc) is 2.16. The molecule has 0 heterocycles. The molecular formula is C8H4ClFN2O. The normalized spacial score (nSPS) is 11.8. The first kappa shape index (κ1) is 9.62. The molecule has 0 saturated heterocycles. The Labute approximate surface area is 78.9 Å². The molecule has 0 spiro atoms. The van der Waals surface area contributed by atoms with Crippen molar-refractivity contribution in [2.24, 2.45) is 5.18 Å². The number of benzene rings is 1. The number of alkyl halides is 1. The Balaban J connectivity index is 3.13. The predicted molar refractivity (Wildman–Crippen MR) is 47.1 cm³/mol. The molecule has 0 saturated carbocycles. The lowest BCUT2D eigenvalue weighted by Gasteiger charge is -2.02. The van der Waals surface area contributed by atoms with Crippen LogP contribution in [0, 0.1) is 17.3 Å². The summed E-state index contributed by atoms with van der Waals surface area (Å²) in [4.78, 5) is 13.0. The topological polar surface area (TPSA) is 33.8 Å². The van der Waals surface area contributed by atoms with Gasteiger partial charge in [-0.2, -0.15) is 0 Å². The van der Waals surface area contributed by atoms with Crippen LogP contribution >= 0.6 is 11.6 Å². The smallest absolute Gasteiger partial charge is 0.193 e. The monoisotopic (exact) mass is 198 g/mol. The van der Waals surface area contributed by atoms with Crippen molar-refractivity contribution in [2.45, 2.75) is 5.50 Å². The standard InChI is InChI=1S/C8H4ClFN2O/c1-11-5-2-3-6(7(10)4-5)8(9)12-13/h2-4,8H. The van der Waals surface area contributed by atoms with Crippen molar-refractivity contribution < 1.29 is 4.39 Å². The first-order chi connectivity index (χ1) is 6.19. The fourth-order valence-electron chi connectivity index (χ4n) is 0.836. The maximum atomic E-state index is 13.0. The van der Waals surface area contributed by atoms with E-state index in [4.69, 9.17) is 18.2 Å². The van der Waals surface area contributed by atoms with E-state index < -0.39 is 11.3 Å².